The molecule has 3 heteroatoms. The Labute approximate surface area is 130 Å². The van der Waals surface area contributed by atoms with E-state index in [9.17, 15) is 0 Å². The van der Waals surface area contributed by atoms with Gasteiger partial charge in [-0.15, -0.1) is 0 Å². The number of aryl methyl sites for hydroxylation is 2. The van der Waals surface area contributed by atoms with Crippen molar-refractivity contribution in [1.82, 2.24) is 5.32 Å². The van der Waals surface area contributed by atoms with E-state index < -0.39 is 0 Å². The Hall–Kier alpha value is -1.06. The molecule has 3 nitrogen and oxygen atoms in total. The fourth-order valence-electron chi connectivity index (χ4n) is 3.03. The van der Waals surface area contributed by atoms with E-state index in [1.807, 2.05) is 0 Å². The molecule has 0 heterocycles. The van der Waals surface area contributed by atoms with E-state index in [2.05, 4.69) is 59.0 Å². The average Bonchev–Trinajstić information content (AvgIpc) is 2.45. The van der Waals surface area contributed by atoms with E-state index in [0.717, 1.165) is 18.7 Å². The lowest BCUT2D eigenvalue weighted by Crippen LogP contribution is -2.44. The van der Waals surface area contributed by atoms with Crippen LogP contribution in [0.1, 0.15) is 56.8 Å². The third-order valence-electron chi connectivity index (χ3n) is 4.20. The minimum absolute atomic E-state index is 0.114. The normalized spacial score (nSPS) is 15.6. The van der Waals surface area contributed by atoms with Gasteiger partial charge in [-0.1, -0.05) is 19.9 Å². The third kappa shape index (κ3) is 3.98. The SMILES string of the molecule is CCNC(c1c(C)cc(C)cc1OC)C(C)(CC)OCC. The standard InChI is InChI=1S/C18H31NO2/c1-8-18(6,21-10-3)17(19-9-2)16-14(5)11-13(4)12-15(16)20-7/h11-12,17,19H,8-10H2,1-7H3. The largest absolute Gasteiger partial charge is 0.496 e. The fourth-order valence-corrected chi connectivity index (χ4v) is 3.03. The Kier molecular flexibility index (Phi) is 6.69. The maximum absolute atomic E-state index is 6.11. The second kappa shape index (κ2) is 7.81. The average molecular weight is 293 g/mol. The summed E-state index contributed by atoms with van der Waals surface area (Å²) in [6, 6.07) is 4.43. The molecule has 0 aliphatic heterocycles. The van der Waals surface area contributed by atoms with Gasteiger partial charge in [-0.2, -0.15) is 0 Å². The maximum atomic E-state index is 6.11. The minimum Gasteiger partial charge on any atom is -0.496 e. The van der Waals surface area contributed by atoms with Gasteiger partial charge in [0.2, 0.25) is 0 Å². The van der Waals surface area contributed by atoms with Gasteiger partial charge in [-0.05, 0) is 57.9 Å². The molecule has 1 N–H and O–H groups in total. The number of nitrogens with one attached hydrogen (secondary N) is 1. The first kappa shape index (κ1) is 18.0. The summed E-state index contributed by atoms with van der Waals surface area (Å²) in [6.07, 6.45) is 0.939. The highest BCUT2D eigenvalue weighted by molar-refractivity contribution is 5.46. The molecule has 0 aliphatic rings. The maximum Gasteiger partial charge on any atom is 0.124 e. The summed E-state index contributed by atoms with van der Waals surface area (Å²) in [5.41, 5.74) is 3.43. The van der Waals surface area contributed by atoms with Crippen molar-refractivity contribution < 1.29 is 9.47 Å². The molecule has 21 heavy (non-hydrogen) atoms. The predicted molar refractivity (Wildman–Crippen MR) is 89.2 cm³/mol. The van der Waals surface area contributed by atoms with Crippen LogP contribution in [0.4, 0.5) is 0 Å². The van der Waals surface area contributed by atoms with Crippen LogP contribution in [-0.2, 0) is 4.74 Å². The van der Waals surface area contributed by atoms with Gasteiger partial charge in [0.05, 0.1) is 18.8 Å². The fraction of sp³-hybridized carbons (Fsp3) is 0.667. The van der Waals surface area contributed by atoms with Gasteiger partial charge in [0.25, 0.3) is 0 Å². The number of hydrogen-bond donors (Lipinski definition) is 1. The van der Waals surface area contributed by atoms with Crippen molar-refractivity contribution in [2.24, 2.45) is 0 Å². The van der Waals surface area contributed by atoms with Gasteiger partial charge in [0.1, 0.15) is 5.75 Å². The smallest absolute Gasteiger partial charge is 0.124 e. The molecule has 0 spiro atoms. The summed E-state index contributed by atoms with van der Waals surface area (Å²) in [5, 5.41) is 3.61. The van der Waals surface area contributed by atoms with Crippen LogP contribution >= 0.6 is 0 Å². The number of rotatable bonds is 8. The Morgan fingerprint density at radius 3 is 2.33 bits per heavy atom. The quantitative estimate of drug-likeness (QED) is 0.780. The van der Waals surface area contributed by atoms with Crippen LogP contribution in [0.15, 0.2) is 12.1 Å². The van der Waals surface area contributed by atoms with Gasteiger partial charge < -0.3 is 14.8 Å². The summed E-state index contributed by atoms with van der Waals surface area (Å²) < 4.78 is 11.8. The Bertz CT molecular complexity index is 459. The molecule has 1 aromatic carbocycles. The lowest BCUT2D eigenvalue weighted by Gasteiger charge is -2.39. The third-order valence-corrected chi connectivity index (χ3v) is 4.20. The number of likely N-dealkylation sites (N-methyl/N-ethyl adjacent to an activating group) is 1. The first-order valence-electron chi connectivity index (χ1n) is 7.95. The lowest BCUT2D eigenvalue weighted by atomic mass is 9.84. The molecule has 1 rings (SSSR count). The molecule has 0 aliphatic carbocycles. The summed E-state index contributed by atoms with van der Waals surface area (Å²) in [4.78, 5) is 0. The van der Waals surface area contributed by atoms with Crippen LogP contribution in [0.25, 0.3) is 0 Å². The van der Waals surface area contributed by atoms with E-state index in [0.29, 0.717) is 6.61 Å². The van der Waals surface area contributed by atoms with Gasteiger partial charge in [0, 0.05) is 12.2 Å². The molecule has 1 aromatic rings. The molecule has 0 saturated carbocycles. The Morgan fingerprint density at radius 2 is 1.86 bits per heavy atom. The van der Waals surface area contributed by atoms with Crippen molar-refractivity contribution in [3.05, 3.63) is 28.8 Å². The van der Waals surface area contributed by atoms with E-state index in [1.165, 1.54) is 16.7 Å². The first-order chi connectivity index (χ1) is 9.93. The van der Waals surface area contributed by atoms with Crippen LogP contribution in [0, 0.1) is 13.8 Å². The van der Waals surface area contributed by atoms with Gasteiger partial charge in [0.15, 0.2) is 0 Å². The second-order valence-corrected chi connectivity index (χ2v) is 5.79. The number of ether oxygens (including phenoxy) is 2. The van der Waals surface area contributed by atoms with Crippen LogP contribution < -0.4 is 10.1 Å². The van der Waals surface area contributed by atoms with Crippen molar-refractivity contribution in [3.8, 4) is 5.75 Å². The summed E-state index contributed by atoms with van der Waals surface area (Å²) in [5.74, 6) is 0.942. The predicted octanol–water partition coefficient (Wildman–Crippen LogP) is 4.17. The highest BCUT2D eigenvalue weighted by Gasteiger charge is 2.36. The Morgan fingerprint density at radius 1 is 1.19 bits per heavy atom. The molecule has 0 saturated heterocycles. The zero-order valence-corrected chi connectivity index (χ0v) is 14.7. The summed E-state index contributed by atoms with van der Waals surface area (Å²) in [6.45, 7) is 14.4. The monoisotopic (exact) mass is 293 g/mol. The lowest BCUT2D eigenvalue weighted by molar-refractivity contribution is -0.0565. The zero-order valence-electron chi connectivity index (χ0n) is 14.7. The van der Waals surface area contributed by atoms with Crippen molar-refractivity contribution >= 4 is 0 Å². The molecule has 2 atom stereocenters. The van der Waals surface area contributed by atoms with Crippen LogP contribution in [0.5, 0.6) is 5.75 Å². The molecular formula is C18H31NO2. The van der Waals surface area contributed by atoms with Crippen molar-refractivity contribution in [2.75, 3.05) is 20.3 Å². The molecule has 0 amide bonds. The highest BCUT2D eigenvalue weighted by Crippen LogP contribution is 2.39. The van der Waals surface area contributed by atoms with Crippen LogP contribution in [0.3, 0.4) is 0 Å². The van der Waals surface area contributed by atoms with Gasteiger partial charge in [-0.3, -0.25) is 0 Å². The molecule has 2 unspecified atom stereocenters. The van der Waals surface area contributed by atoms with Gasteiger partial charge >= 0.3 is 0 Å². The van der Waals surface area contributed by atoms with E-state index >= 15 is 0 Å². The van der Waals surface area contributed by atoms with Crippen LogP contribution in [0.2, 0.25) is 0 Å². The highest BCUT2D eigenvalue weighted by atomic mass is 16.5. The van der Waals surface area contributed by atoms with E-state index in [4.69, 9.17) is 9.47 Å². The van der Waals surface area contributed by atoms with Gasteiger partial charge in [-0.25, -0.2) is 0 Å². The first-order valence-corrected chi connectivity index (χ1v) is 7.95. The number of hydrogen-bond acceptors (Lipinski definition) is 3. The topological polar surface area (TPSA) is 30.5 Å². The molecule has 0 bridgehead atoms. The zero-order chi connectivity index (χ0) is 16.0. The molecular weight excluding hydrogens is 262 g/mol. The summed E-state index contributed by atoms with van der Waals surface area (Å²) in [7, 11) is 1.74. The second-order valence-electron chi connectivity index (χ2n) is 5.79. The van der Waals surface area contributed by atoms with Crippen molar-refractivity contribution in [2.45, 2.75) is 59.6 Å². The van der Waals surface area contributed by atoms with Crippen LogP contribution in [-0.4, -0.2) is 25.9 Å². The molecule has 0 radical (unpaired) electrons. The van der Waals surface area contributed by atoms with Crippen molar-refractivity contribution in [3.63, 3.8) is 0 Å². The molecule has 0 aromatic heterocycles. The van der Waals surface area contributed by atoms with E-state index in [-0.39, 0.29) is 11.6 Å². The molecule has 0 fully saturated rings. The number of methoxy groups -OCH3 is 1. The summed E-state index contributed by atoms with van der Waals surface area (Å²) >= 11 is 0. The molecule has 120 valence electrons. The minimum atomic E-state index is -0.252. The van der Waals surface area contributed by atoms with Crippen molar-refractivity contribution in [1.29, 1.82) is 0 Å². The van der Waals surface area contributed by atoms with E-state index in [1.54, 1.807) is 7.11 Å². The number of benzene rings is 1. The Balaban J connectivity index is 3.40.